The molecule has 0 radical (unpaired) electrons. The molecule has 0 aromatic heterocycles. The van der Waals surface area contributed by atoms with E-state index in [1.54, 1.807) is 25.1 Å². The number of nitrogens with one attached hydrogen (secondary N) is 1. The third-order valence-corrected chi connectivity index (χ3v) is 3.39. The Bertz CT molecular complexity index is 579. The Kier molecular flexibility index (Phi) is 5.26. The fourth-order valence-electron chi connectivity index (χ4n) is 2.17. The monoisotopic (exact) mass is 286 g/mol. The molecule has 4 heteroatoms. The van der Waals surface area contributed by atoms with Gasteiger partial charge in [0, 0.05) is 5.56 Å². The number of benzene rings is 1. The zero-order chi connectivity index (χ0) is 16.2. The number of nitriles is 1. The van der Waals surface area contributed by atoms with Gasteiger partial charge in [-0.2, -0.15) is 5.26 Å². The lowest BCUT2D eigenvalue weighted by atomic mass is 9.84. The molecule has 2 atom stereocenters. The van der Waals surface area contributed by atoms with Gasteiger partial charge >= 0.3 is 0 Å². The van der Waals surface area contributed by atoms with Crippen molar-refractivity contribution >= 4 is 11.7 Å². The normalized spacial score (nSPS) is 13.9. The number of hydrogen-bond acceptors (Lipinski definition) is 3. The van der Waals surface area contributed by atoms with Gasteiger partial charge in [-0.3, -0.25) is 9.59 Å². The molecule has 21 heavy (non-hydrogen) atoms. The van der Waals surface area contributed by atoms with Crippen LogP contribution in [0.1, 0.15) is 56.5 Å². The first-order valence-electron chi connectivity index (χ1n) is 6.97. The molecule has 0 aliphatic carbocycles. The topological polar surface area (TPSA) is 70.0 Å². The van der Waals surface area contributed by atoms with Crippen molar-refractivity contribution in [3.8, 4) is 6.07 Å². The summed E-state index contributed by atoms with van der Waals surface area (Å²) in [6.45, 7) is 8.99. The van der Waals surface area contributed by atoms with Crippen LogP contribution in [0.5, 0.6) is 0 Å². The van der Waals surface area contributed by atoms with E-state index in [0.29, 0.717) is 5.56 Å². The van der Waals surface area contributed by atoms with Gasteiger partial charge in [0.05, 0.1) is 18.0 Å². The molecule has 1 N–H and O–H groups in total. The Balaban J connectivity index is 2.99. The maximum atomic E-state index is 12.3. The van der Waals surface area contributed by atoms with Crippen LogP contribution in [-0.4, -0.2) is 17.7 Å². The van der Waals surface area contributed by atoms with Crippen molar-refractivity contribution in [3.05, 3.63) is 35.4 Å². The van der Waals surface area contributed by atoms with Gasteiger partial charge in [0.15, 0.2) is 5.78 Å². The smallest absolute Gasteiger partial charge is 0.251 e. The first-order chi connectivity index (χ1) is 9.66. The van der Waals surface area contributed by atoms with Crippen molar-refractivity contribution in [1.29, 1.82) is 5.26 Å². The molecule has 0 aliphatic rings. The molecule has 0 aliphatic heterocycles. The molecule has 0 heterocycles. The number of carbonyl (C=O) groups excluding carboxylic acids is 2. The van der Waals surface area contributed by atoms with Gasteiger partial charge in [-0.1, -0.05) is 32.9 Å². The lowest BCUT2D eigenvalue weighted by Gasteiger charge is -2.29. The number of rotatable bonds is 4. The minimum absolute atomic E-state index is 0.0719. The van der Waals surface area contributed by atoms with Crippen LogP contribution in [0.4, 0.5) is 0 Å². The quantitative estimate of drug-likeness (QED) is 0.924. The van der Waals surface area contributed by atoms with E-state index in [2.05, 4.69) is 11.4 Å². The number of amides is 1. The van der Waals surface area contributed by atoms with Crippen LogP contribution in [0.2, 0.25) is 0 Å². The zero-order valence-corrected chi connectivity index (χ0v) is 13.2. The average molecular weight is 286 g/mol. The summed E-state index contributed by atoms with van der Waals surface area (Å²) in [4.78, 5) is 24.0. The fraction of sp³-hybridized carbons (Fsp3) is 0.471. The Morgan fingerprint density at radius 2 is 1.90 bits per heavy atom. The molecule has 0 bridgehead atoms. The third kappa shape index (κ3) is 4.42. The number of hydrogen-bond donors (Lipinski definition) is 1. The highest BCUT2D eigenvalue weighted by atomic mass is 16.2. The Labute approximate surface area is 126 Å². The predicted octanol–water partition coefficient (Wildman–Crippen LogP) is 3.05. The highest BCUT2D eigenvalue weighted by molar-refractivity contribution is 5.97. The molecular formula is C17H22N2O2. The molecule has 0 saturated carbocycles. The fourth-order valence-corrected chi connectivity index (χ4v) is 2.17. The summed E-state index contributed by atoms with van der Waals surface area (Å²) >= 11 is 0. The van der Waals surface area contributed by atoms with Crippen molar-refractivity contribution in [2.24, 2.45) is 5.41 Å². The van der Waals surface area contributed by atoms with E-state index in [0.717, 1.165) is 5.56 Å². The molecule has 4 nitrogen and oxygen atoms in total. The largest absolute Gasteiger partial charge is 0.342 e. The van der Waals surface area contributed by atoms with E-state index < -0.39 is 6.04 Å². The predicted molar refractivity (Wildman–Crippen MR) is 81.9 cm³/mol. The van der Waals surface area contributed by atoms with E-state index in [1.807, 2.05) is 26.8 Å². The lowest BCUT2D eigenvalue weighted by Crippen LogP contribution is -2.48. The van der Waals surface area contributed by atoms with Crippen LogP contribution >= 0.6 is 0 Å². The van der Waals surface area contributed by atoms with Gasteiger partial charge in [-0.05, 0) is 37.0 Å². The van der Waals surface area contributed by atoms with Crippen molar-refractivity contribution in [1.82, 2.24) is 5.32 Å². The van der Waals surface area contributed by atoms with Crippen LogP contribution in [0, 0.1) is 16.7 Å². The van der Waals surface area contributed by atoms with Gasteiger partial charge in [0.2, 0.25) is 0 Å². The number of Topliss-reactive ketones (excluding diaryl/α,β-unsaturated/α-hetero) is 1. The van der Waals surface area contributed by atoms with Crippen LogP contribution in [0.15, 0.2) is 24.3 Å². The molecule has 1 aromatic carbocycles. The van der Waals surface area contributed by atoms with Crippen molar-refractivity contribution < 1.29 is 9.59 Å². The standard InChI is InChI=1S/C17H22N2O2/c1-11(10-18)13-7-6-8-14(9-13)16(21)19-15(12(2)20)17(3,4)5/h6-9,11,15H,1-5H3,(H,19,21). The molecule has 112 valence electrons. The van der Waals surface area contributed by atoms with Gasteiger partial charge in [0.25, 0.3) is 5.91 Å². The zero-order valence-electron chi connectivity index (χ0n) is 13.2. The second kappa shape index (κ2) is 6.53. The summed E-state index contributed by atoms with van der Waals surface area (Å²) in [7, 11) is 0. The van der Waals surface area contributed by atoms with Crippen LogP contribution < -0.4 is 5.32 Å². The van der Waals surface area contributed by atoms with E-state index in [1.165, 1.54) is 6.92 Å². The van der Waals surface area contributed by atoms with Gasteiger partial charge in [0.1, 0.15) is 0 Å². The van der Waals surface area contributed by atoms with E-state index in [4.69, 9.17) is 5.26 Å². The Morgan fingerprint density at radius 3 is 2.38 bits per heavy atom. The molecule has 1 amide bonds. The van der Waals surface area contributed by atoms with E-state index in [-0.39, 0.29) is 23.0 Å². The second-order valence-corrected chi connectivity index (χ2v) is 6.36. The Hall–Kier alpha value is -2.15. The SMILES string of the molecule is CC(=O)C(NC(=O)c1cccc(C(C)C#N)c1)C(C)(C)C. The minimum atomic E-state index is -0.540. The van der Waals surface area contributed by atoms with Gasteiger partial charge < -0.3 is 5.32 Å². The molecule has 0 fully saturated rings. The van der Waals surface area contributed by atoms with Gasteiger partial charge in [-0.25, -0.2) is 0 Å². The molecule has 1 rings (SSSR count). The van der Waals surface area contributed by atoms with E-state index in [9.17, 15) is 9.59 Å². The maximum absolute atomic E-state index is 12.3. The van der Waals surface area contributed by atoms with E-state index >= 15 is 0 Å². The van der Waals surface area contributed by atoms with Crippen molar-refractivity contribution in [2.75, 3.05) is 0 Å². The highest BCUT2D eigenvalue weighted by Gasteiger charge is 2.30. The van der Waals surface area contributed by atoms with Crippen LogP contribution in [0.3, 0.4) is 0 Å². The molecule has 0 saturated heterocycles. The van der Waals surface area contributed by atoms with Crippen LogP contribution in [0.25, 0.3) is 0 Å². The minimum Gasteiger partial charge on any atom is -0.342 e. The molecular weight excluding hydrogens is 264 g/mol. The van der Waals surface area contributed by atoms with Crippen LogP contribution in [-0.2, 0) is 4.79 Å². The third-order valence-electron chi connectivity index (χ3n) is 3.39. The summed E-state index contributed by atoms with van der Waals surface area (Å²) in [5.74, 6) is -0.640. The summed E-state index contributed by atoms with van der Waals surface area (Å²) in [5.41, 5.74) is 0.907. The van der Waals surface area contributed by atoms with Crippen molar-refractivity contribution in [2.45, 2.75) is 46.6 Å². The summed E-state index contributed by atoms with van der Waals surface area (Å²) in [6.07, 6.45) is 0. The number of nitrogens with zero attached hydrogens (tertiary/aromatic N) is 1. The first kappa shape index (κ1) is 16.9. The summed E-state index contributed by atoms with van der Waals surface area (Å²) in [6, 6.07) is 8.55. The molecule has 0 spiro atoms. The maximum Gasteiger partial charge on any atom is 0.251 e. The van der Waals surface area contributed by atoms with Gasteiger partial charge in [-0.15, -0.1) is 0 Å². The average Bonchev–Trinajstić information content (AvgIpc) is 2.42. The highest BCUT2D eigenvalue weighted by Crippen LogP contribution is 2.21. The number of carbonyl (C=O) groups is 2. The molecule has 2 unspecified atom stereocenters. The van der Waals surface area contributed by atoms with Crippen molar-refractivity contribution in [3.63, 3.8) is 0 Å². The summed E-state index contributed by atoms with van der Waals surface area (Å²) in [5, 5.41) is 11.7. The Morgan fingerprint density at radius 1 is 1.29 bits per heavy atom. The summed E-state index contributed by atoms with van der Waals surface area (Å²) < 4.78 is 0. The molecule has 1 aromatic rings. The lowest BCUT2D eigenvalue weighted by molar-refractivity contribution is -0.121. The first-order valence-corrected chi connectivity index (χ1v) is 6.97. The number of ketones is 1. The second-order valence-electron chi connectivity index (χ2n) is 6.36.